The van der Waals surface area contributed by atoms with Crippen LogP contribution >= 0.6 is 0 Å². The molecule has 0 aromatic heterocycles. The second-order valence-corrected chi connectivity index (χ2v) is 8.35. The minimum absolute atomic E-state index is 0.0973. The smallest absolute Gasteiger partial charge is 0.150 e. The fourth-order valence-corrected chi connectivity index (χ4v) is 4.24. The molecule has 0 amide bonds. The zero-order chi connectivity index (χ0) is 14.3. The summed E-state index contributed by atoms with van der Waals surface area (Å²) in [5.74, 6) is 1.17. The Hall–Kier alpha value is -0.130. The molecule has 1 fully saturated rings. The average molecular weight is 291 g/mol. The lowest BCUT2D eigenvalue weighted by atomic mass is 9.83. The van der Waals surface area contributed by atoms with Crippen molar-refractivity contribution in [2.45, 2.75) is 44.3 Å². The summed E-state index contributed by atoms with van der Waals surface area (Å²) >= 11 is 0. The summed E-state index contributed by atoms with van der Waals surface area (Å²) < 4.78 is 28.3. The number of rotatable bonds is 8. The van der Waals surface area contributed by atoms with Crippen LogP contribution in [-0.2, 0) is 14.6 Å². The Kier molecular flexibility index (Phi) is 7.32. The fraction of sp³-hybridized carbons (Fsp3) is 1.00. The molecule has 1 saturated carbocycles. The summed E-state index contributed by atoms with van der Waals surface area (Å²) in [6.45, 7) is 4.86. The van der Waals surface area contributed by atoms with Crippen molar-refractivity contribution >= 4 is 9.84 Å². The second-order valence-electron chi connectivity index (χ2n) is 6.02. The van der Waals surface area contributed by atoms with Crippen LogP contribution < -0.4 is 5.32 Å². The van der Waals surface area contributed by atoms with Gasteiger partial charge in [-0.1, -0.05) is 19.8 Å². The number of hydrogen-bond donors (Lipinski definition) is 1. The number of nitrogens with one attached hydrogen (secondary N) is 1. The van der Waals surface area contributed by atoms with Gasteiger partial charge in [-0.05, 0) is 37.6 Å². The molecule has 5 heteroatoms. The highest BCUT2D eigenvalue weighted by atomic mass is 32.2. The van der Waals surface area contributed by atoms with Crippen LogP contribution in [0, 0.1) is 11.8 Å². The number of sulfone groups is 1. The van der Waals surface area contributed by atoms with E-state index in [0.717, 1.165) is 45.4 Å². The molecular formula is C14H29NO3S. The Bertz CT molecular complexity index is 343. The van der Waals surface area contributed by atoms with E-state index in [1.165, 1.54) is 12.7 Å². The minimum Gasteiger partial charge on any atom is -0.383 e. The van der Waals surface area contributed by atoms with Crippen molar-refractivity contribution < 1.29 is 13.2 Å². The lowest BCUT2D eigenvalue weighted by molar-refractivity contribution is 0.196. The molecule has 0 aliphatic heterocycles. The van der Waals surface area contributed by atoms with E-state index in [2.05, 4.69) is 12.2 Å². The molecule has 3 atom stereocenters. The van der Waals surface area contributed by atoms with Crippen LogP contribution in [0.4, 0.5) is 0 Å². The van der Waals surface area contributed by atoms with Crippen molar-refractivity contribution in [2.24, 2.45) is 11.8 Å². The molecular weight excluding hydrogens is 262 g/mol. The lowest BCUT2D eigenvalue weighted by Gasteiger charge is -2.29. The van der Waals surface area contributed by atoms with Crippen LogP contribution in [0.2, 0.25) is 0 Å². The predicted octanol–water partition coefficient (Wildman–Crippen LogP) is 1.85. The summed E-state index contributed by atoms with van der Waals surface area (Å²) in [4.78, 5) is 0. The normalized spacial score (nSPS) is 26.3. The van der Waals surface area contributed by atoms with E-state index >= 15 is 0 Å². The van der Waals surface area contributed by atoms with Crippen molar-refractivity contribution in [1.29, 1.82) is 0 Å². The highest BCUT2D eigenvalue weighted by Gasteiger charge is 2.29. The van der Waals surface area contributed by atoms with Gasteiger partial charge in [0.15, 0.2) is 0 Å². The minimum atomic E-state index is -2.85. The Balaban J connectivity index is 2.28. The van der Waals surface area contributed by atoms with Crippen LogP contribution in [0.1, 0.15) is 39.0 Å². The molecule has 0 bridgehead atoms. The Morgan fingerprint density at radius 1 is 1.37 bits per heavy atom. The van der Waals surface area contributed by atoms with E-state index in [1.54, 1.807) is 7.11 Å². The van der Waals surface area contributed by atoms with Crippen LogP contribution in [-0.4, -0.2) is 46.7 Å². The zero-order valence-corrected chi connectivity index (χ0v) is 13.3. The van der Waals surface area contributed by atoms with Gasteiger partial charge < -0.3 is 10.1 Å². The van der Waals surface area contributed by atoms with Crippen molar-refractivity contribution in [3.63, 3.8) is 0 Å². The zero-order valence-electron chi connectivity index (χ0n) is 12.5. The van der Waals surface area contributed by atoms with E-state index < -0.39 is 9.84 Å². The van der Waals surface area contributed by atoms with Gasteiger partial charge in [-0.25, -0.2) is 8.42 Å². The monoisotopic (exact) mass is 291 g/mol. The number of ether oxygens (including phenoxy) is 1. The van der Waals surface area contributed by atoms with Gasteiger partial charge in [0.05, 0.1) is 11.9 Å². The maximum Gasteiger partial charge on any atom is 0.150 e. The number of methoxy groups -OCH3 is 1. The van der Waals surface area contributed by atoms with Crippen molar-refractivity contribution in [2.75, 3.05) is 33.1 Å². The first-order valence-corrected chi connectivity index (χ1v) is 9.27. The summed E-state index contributed by atoms with van der Waals surface area (Å²) in [5, 5.41) is 3.28. The SMILES string of the molecule is COCCNCC(C)CC1CCCC(S(C)(=O)=O)C1. The maximum absolute atomic E-state index is 11.6. The van der Waals surface area contributed by atoms with E-state index in [-0.39, 0.29) is 5.25 Å². The molecule has 0 aromatic rings. The summed E-state index contributed by atoms with van der Waals surface area (Å²) in [5.41, 5.74) is 0. The largest absolute Gasteiger partial charge is 0.383 e. The van der Waals surface area contributed by atoms with Crippen LogP contribution in [0.15, 0.2) is 0 Å². The lowest BCUT2D eigenvalue weighted by Crippen LogP contribution is -2.30. The molecule has 1 aliphatic carbocycles. The second kappa shape index (κ2) is 8.22. The van der Waals surface area contributed by atoms with Crippen LogP contribution in [0.5, 0.6) is 0 Å². The van der Waals surface area contributed by atoms with Gasteiger partial charge in [-0.2, -0.15) is 0 Å². The Labute approximate surface area is 118 Å². The molecule has 0 radical (unpaired) electrons. The van der Waals surface area contributed by atoms with Gasteiger partial charge in [0.25, 0.3) is 0 Å². The molecule has 4 nitrogen and oxygen atoms in total. The number of hydrogen-bond acceptors (Lipinski definition) is 4. The summed E-state index contributed by atoms with van der Waals surface area (Å²) in [6, 6.07) is 0. The molecule has 1 N–H and O–H groups in total. The van der Waals surface area contributed by atoms with Gasteiger partial charge in [0, 0.05) is 19.9 Å². The molecule has 1 rings (SSSR count). The van der Waals surface area contributed by atoms with Gasteiger partial charge in [-0.3, -0.25) is 0 Å². The van der Waals surface area contributed by atoms with Crippen molar-refractivity contribution in [3.8, 4) is 0 Å². The van der Waals surface area contributed by atoms with E-state index in [0.29, 0.717) is 11.8 Å². The summed E-state index contributed by atoms with van der Waals surface area (Å²) in [6.07, 6.45) is 6.49. The first-order valence-electron chi connectivity index (χ1n) is 7.32. The standard InChI is InChI=1S/C14H29NO3S/c1-12(11-15-7-8-18-2)9-13-5-4-6-14(10-13)19(3,16)17/h12-15H,4-11H2,1-3H3. The molecule has 1 aliphatic rings. The first-order chi connectivity index (χ1) is 8.93. The average Bonchev–Trinajstić information content (AvgIpc) is 2.34. The molecule has 0 spiro atoms. The maximum atomic E-state index is 11.6. The van der Waals surface area contributed by atoms with Gasteiger partial charge in [-0.15, -0.1) is 0 Å². The quantitative estimate of drug-likeness (QED) is 0.694. The topological polar surface area (TPSA) is 55.4 Å². The van der Waals surface area contributed by atoms with Crippen LogP contribution in [0.3, 0.4) is 0 Å². The molecule has 0 aromatic carbocycles. The molecule has 0 heterocycles. The fourth-order valence-electron chi connectivity index (χ4n) is 3.02. The molecule has 0 saturated heterocycles. The molecule has 114 valence electrons. The third kappa shape index (κ3) is 6.72. The summed E-state index contributed by atoms with van der Waals surface area (Å²) in [7, 11) is -1.14. The van der Waals surface area contributed by atoms with E-state index in [4.69, 9.17) is 4.74 Å². The molecule has 3 unspecified atom stereocenters. The van der Waals surface area contributed by atoms with Crippen molar-refractivity contribution in [3.05, 3.63) is 0 Å². The highest BCUT2D eigenvalue weighted by Crippen LogP contribution is 2.32. The predicted molar refractivity (Wildman–Crippen MR) is 79.1 cm³/mol. The first kappa shape index (κ1) is 16.9. The Morgan fingerprint density at radius 2 is 2.11 bits per heavy atom. The Morgan fingerprint density at radius 3 is 2.74 bits per heavy atom. The van der Waals surface area contributed by atoms with E-state index in [1.807, 2.05) is 0 Å². The van der Waals surface area contributed by atoms with Gasteiger partial charge >= 0.3 is 0 Å². The molecule has 19 heavy (non-hydrogen) atoms. The highest BCUT2D eigenvalue weighted by molar-refractivity contribution is 7.91. The van der Waals surface area contributed by atoms with Gasteiger partial charge in [0.2, 0.25) is 0 Å². The van der Waals surface area contributed by atoms with Crippen molar-refractivity contribution in [1.82, 2.24) is 5.32 Å². The third-order valence-corrected chi connectivity index (χ3v) is 5.69. The van der Waals surface area contributed by atoms with Crippen LogP contribution in [0.25, 0.3) is 0 Å². The van der Waals surface area contributed by atoms with Gasteiger partial charge in [0.1, 0.15) is 9.84 Å². The third-order valence-electron chi connectivity index (χ3n) is 4.05. The van der Waals surface area contributed by atoms with E-state index in [9.17, 15) is 8.42 Å².